The number of nitrogens with zero attached hydrogens (tertiary/aromatic N) is 2. The normalized spacial score (nSPS) is 11.2. The zero-order chi connectivity index (χ0) is 11.0. The van der Waals surface area contributed by atoms with E-state index in [1.807, 2.05) is 7.05 Å². The molecular formula is C11H14BrN3. The molecule has 0 saturated heterocycles. The van der Waals surface area contributed by atoms with Crippen molar-refractivity contribution in [2.75, 3.05) is 7.05 Å². The Morgan fingerprint density at radius 1 is 1.47 bits per heavy atom. The molecule has 0 spiro atoms. The maximum atomic E-state index is 4.59. The van der Waals surface area contributed by atoms with Crippen LogP contribution < -0.4 is 5.32 Å². The van der Waals surface area contributed by atoms with E-state index in [2.05, 4.69) is 56.9 Å². The van der Waals surface area contributed by atoms with Gasteiger partial charge in [-0.1, -0.05) is 15.9 Å². The van der Waals surface area contributed by atoms with Gasteiger partial charge in [0.2, 0.25) is 0 Å². The van der Waals surface area contributed by atoms with E-state index in [1.54, 1.807) is 0 Å². The van der Waals surface area contributed by atoms with E-state index in [0.29, 0.717) is 0 Å². The summed E-state index contributed by atoms with van der Waals surface area (Å²) >= 11 is 3.49. The average Bonchev–Trinajstić information content (AvgIpc) is 2.43. The van der Waals surface area contributed by atoms with Crippen molar-refractivity contribution < 1.29 is 0 Å². The van der Waals surface area contributed by atoms with Gasteiger partial charge in [-0.2, -0.15) is 0 Å². The highest BCUT2D eigenvalue weighted by Gasteiger charge is 2.09. The smallest absolute Gasteiger partial charge is 0.123 e. The largest absolute Gasteiger partial charge is 0.330 e. The molecule has 4 heteroatoms. The van der Waals surface area contributed by atoms with Crippen LogP contribution >= 0.6 is 15.9 Å². The summed E-state index contributed by atoms with van der Waals surface area (Å²) < 4.78 is 3.23. The molecule has 0 aliphatic heterocycles. The molecule has 1 aromatic carbocycles. The molecule has 1 N–H and O–H groups in total. The van der Waals surface area contributed by atoms with Crippen LogP contribution in [-0.4, -0.2) is 16.6 Å². The van der Waals surface area contributed by atoms with Crippen molar-refractivity contribution in [1.82, 2.24) is 14.9 Å². The van der Waals surface area contributed by atoms with Crippen molar-refractivity contribution >= 4 is 27.0 Å². The highest BCUT2D eigenvalue weighted by molar-refractivity contribution is 9.10. The molecule has 0 amide bonds. The number of nitrogens with one attached hydrogen (secondary N) is 1. The standard InChI is InChI=1S/C11H14BrN3/c1-7-4-8(12)5-9-11(7)15(3)10(14-9)6-13-2/h4-5,13H,6H2,1-3H3. The molecule has 0 saturated carbocycles. The number of imidazole rings is 1. The van der Waals surface area contributed by atoms with Crippen molar-refractivity contribution in [1.29, 1.82) is 0 Å². The predicted octanol–water partition coefficient (Wildman–Crippen LogP) is 2.36. The molecule has 0 fully saturated rings. The van der Waals surface area contributed by atoms with Gasteiger partial charge in [0.05, 0.1) is 17.6 Å². The molecule has 0 unspecified atom stereocenters. The van der Waals surface area contributed by atoms with E-state index in [0.717, 1.165) is 22.4 Å². The molecule has 0 aliphatic carbocycles. The molecule has 80 valence electrons. The zero-order valence-electron chi connectivity index (χ0n) is 9.13. The summed E-state index contributed by atoms with van der Waals surface area (Å²) in [4.78, 5) is 4.59. The predicted molar refractivity (Wildman–Crippen MR) is 65.9 cm³/mol. The number of benzene rings is 1. The van der Waals surface area contributed by atoms with Crippen LogP contribution in [0.1, 0.15) is 11.4 Å². The van der Waals surface area contributed by atoms with E-state index >= 15 is 0 Å². The lowest BCUT2D eigenvalue weighted by Gasteiger charge is -2.03. The summed E-state index contributed by atoms with van der Waals surface area (Å²) in [7, 11) is 3.99. The number of hydrogen-bond acceptors (Lipinski definition) is 2. The fourth-order valence-corrected chi connectivity index (χ4v) is 2.46. The Kier molecular flexibility index (Phi) is 2.80. The van der Waals surface area contributed by atoms with Gasteiger partial charge in [-0.3, -0.25) is 0 Å². The van der Waals surface area contributed by atoms with Crippen molar-refractivity contribution in [2.24, 2.45) is 7.05 Å². The molecule has 15 heavy (non-hydrogen) atoms. The van der Waals surface area contributed by atoms with Crippen LogP contribution in [0.3, 0.4) is 0 Å². The van der Waals surface area contributed by atoms with Gasteiger partial charge in [0.25, 0.3) is 0 Å². The minimum Gasteiger partial charge on any atom is -0.330 e. The number of rotatable bonds is 2. The van der Waals surface area contributed by atoms with Crippen molar-refractivity contribution in [3.63, 3.8) is 0 Å². The van der Waals surface area contributed by atoms with E-state index in [9.17, 15) is 0 Å². The maximum absolute atomic E-state index is 4.59. The molecule has 0 bridgehead atoms. The highest BCUT2D eigenvalue weighted by Crippen LogP contribution is 2.23. The third kappa shape index (κ3) is 1.79. The van der Waals surface area contributed by atoms with Gasteiger partial charge in [-0.05, 0) is 31.7 Å². The van der Waals surface area contributed by atoms with E-state index < -0.39 is 0 Å². The molecule has 0 radical (unpaired) electrons. The zero-order valence-corrected chi connectivity index (χ0v) is 10.7. The van der Waals surface area contributed by atoms with E-state index in [-0.39, 0.29) is 0 Å². The summed E-state index contributed by atoms with van der Waals surface area (Å²) in [5, 5.41) is 3.12. The number of fused-ring (bicyclic) bond motifs is 1. The van der Waals surface area contributed by atoms with Gasteiger partial charge in [-0.25, -0.2) is 4.98 Å². The highest BCUT2D eigenvalue weighted by atomic mass is 79.9. The Morgan fingerprint density at radius 2 is 2.20 bits per heavy atom. The molecule has 2 rings (SSSR count). The summed E-state index contributed by atoms with van der Waals surface area (Å²) in [5.41, 5.74) is 3.51. The summed E-state index contributed by atoms with van der Waals surface area (Å²) in [6.45, 7) is 2.90. The number of aromatic nitrogens is 2. The van der Waals surface area contributed by atoms with Gasteiger partial charge in [0.1, 0.15) is 5.82 Å². The molecule has 0 atom stereocenters. The Morgan fingerprint density at radius 3 is 2.87 bits per heavy atom. The lowest BCUT2D eigenvalue weighted by atomic mass is 10.2. The van der Waals surface area contributed by atoms with Crippen LogP contribution in [0.15, 0.2) is 16.6 Å². The van der Waals surface area contributed by atoms with Gasteiger partial charge in [0, 0.05) is 11.5 Å². The maximum Gasteiger partial charge on any atom is 0.123 e. The quantitative estimate of drug-likeness (QED) is 0.906. The Bertz CT molecular complexity index is 502. The topological polar surface area (TPSA) is 29.9 Å². The molecule has 2 aromatic rings. The van der Waals surface area contributed by atoms with Crippen molar-refractivity contribution in [3.8, 4) is 0 Å². The minimum atomic E-state index is 0.794. The van der Waals surface area contributed by atoms with Crippen LogP contribution in [0.4, 0.5) is 0 Å². The molecule has 1 aromatic heterocycles. The monoisotopic (exact) mass is 267 g/mol. The van der Waals surface area contributed by atoms with E-state index in [4.69, 9.17) is 0 Å². The second-order valence-corrected chi connectivity index (χ2v) is 4.62. The summed E-state index contributed by atoms with van der Waals surface area (Å²) in [5.74, 6) is 1.06. The number of halogens is 1. The number of aryl methyl sites for hydroxylation is 2. The lowest BCUT2D eigenvalue weighted by molar-refractivity contribution is 0.718. The third-order valence-electron chi connectivity index (χ3n) is 2.55. The lowest BCUT2D eigenvalue weighted by Crippen LogP contribution is -2.10. The molecule has 3 nitrogen and oxygen atoms in total. The minimum absolute atomic E-state index is 0.794. The van der Waals surface area contributed by atoms with Gasteiger partial charge < -0.3 is 9.88 Å². The van der Waals surface area contributed by atoms with Crippen LogP contribution in [0, 0.1) is 6.92 Å². The van der Waals surface area contributed by atoms with Crippen molar-refractivity contribution in [2.45, 2.75) is 13.5 Å². The molecule has 0 aliphatic rings. The Hall–Kier alpha value is -0.870. The van der Waals surface area contributed by atoms with Gasteiger partial charge in [-0.15, -0.1) is 0 Å². The Balaban J connectivity index is 2.70. The first kappa shape index (κ1) is 10.6. The summed E-state index contributed by atoms with van der Waals surface area (Å²) in [6.07, 6.45) is 0. The van der Waals surface area contributed by atoms with Crippen LogP contribution in [-0.2, 0) is 13.6 Å². The average molecular weight is 268 g/mol. The van der Waals surface area contributed by atoms with Gasteiger partial charge >= 0.3 is 0 Å². The first-order valence-electron chi connectivity index (χ1n) is 4.89. The van der Waals surface area contributed by atoms with Gasteiger partial charge in [0.15, 0.2) is 0 Å². The SMILES string of the molecule is CNCc1nc2cc(Br)cc(C)c2n1C. The first-order valence-corrected chi connectivity index (χ1v) is 5.69. The second kappa shape index (κ2) is 3.94. The van der Waals surface area contributed by atoms with Crippen LogP contribution in [0.2, 0.25) is 0 Å². The van der Waals surface area contributed by atoms with Crippen LogP contribution in [0.5, 0.6) is 0 Å². The Labute approximate surface area is 97.6 Å². The molecule has 1 heterocycles. The van der Waals surface area contributed by atoms with Crippen molar-refractivity contribution in [3.05, 3.63) is 28.0 Å². The van der Waals surface area contributed by atoms with E-state index in [1.165, 1.54) is 11.1 Å². The third-order valence-corrected chi connectivity index (χ3v) is 3.01. The van der Waals surface area contributed by atoms with Crippen LogP contribution in [0.25, 0.3) is 11.0 Å². The molecular weight excluding hydrogens is 254 g/mol. The second-order valence-electron chi connectivity index (χ2n) is 3.71. The fourth-order valence-electron chi connectivity index (χ4n) is 1.90. The fraction of sp³-hybridized carbons (Fsp3) is 0.364. The first-order chi connectivity index (χ1) is 7.13. The number of hydrogen-bond donors (Lipinski definition) is 1. The summed E-state index contributed by atoms with van der Waals surface area (Å²) in [6, 6.07) is 4.18.